The zero-order valence-electron chi connectivity index (χ0n) is 10.2. The van der Waals surface area contributed by atoms with Crippen molar-refractivity contribution in [2.45, 2.75) is 25.8 Å². The molecule has 0 aliphatic carbocycles. The van der Waals surface area contributed by atoms with Crippen molar-refractivity contribution >= 4 is 21.9 Å². The molecule has 2 aromatic rings. The highest BCUT2D eigenvalue weighted by Crippen LogP contribution is 2.24. The molecule has 0 radical (unpaired) electrons. The van der Waals surface area contributed by atoms with Crippen LogP contribution in [-0.2, 0) is 4.79 Å². The molecule has 1 N–H and O–H groups in total. The monoisotopic (exact) mass is 325 g/mol. The molecule has 0 amide bonds. The Hall–Kier alpha value is -1.83. The lowest BCUT2D eigenvalue weighted by Crippen LogP contribution is -2.15. The quantitative estimate of drug-likeness (QED) is 0.902. The van der Waals surface area contributed by atoms with Crippen molar-refractivity contribution < 1.29 is 9.90 Å². The van der Waals surface area contributed by atoms with E-state index < -0.39 is 5.97 Å². The van der Waals surface area contributed by atoms with Crippen molar-refractivity contribution in [3.63, 3.8) is 0 Å². The molecule has 0 aromatic carbocycles. The smallest absolute Gasteiger partial charge is 0.305 e. The van der Waals surface area contributed by atoms with Crippen molar-refractivity contribution in [2.24, 2.45) is 0 Å². The lowest BCUT2D eigenvalue weighted by Gasteiger charge is -2.14. The molecule has 1 atom stereocenters. The molecule has 0 aliphatic heterocycles. The maximum atomic E-state index is 10.9. The van der Waals surface area contributed by atoms with Crippen molar-refractivity contribution in [2.75, 3.05) is 0 Å². The fraction of sp³-hybridized carbons (Fsp3) is 0.364. The first-order valence-electron chi connectivity index (χ1n) is 5.72. The number of carbonyl (C=O) groups is 1. The van der Waals surface area contributed by atoms with E-state index in [-0.39, 0.29) is 12.5 Å². The van der Waals surface area contributed by atoms with E-state index in [4.69, 9.17) is 5.11 Å². The minimum absolute atomic E-state index is 0.0179. The van der Waals surface area contributed by atoms with Gasteiger partial charge in [-0.15, -0.1) is 5.10 Å². The molecule has 0 saturated carbocycles. The molecule has 7 nitrogen and oxygen atoms in total. The van der Waals surface area contributed by atoms with E-state index in [1.165, 1.54) is 4.68 Å². The lowest BCUT2D eigenvalue weighted by atomic mass is 10.1. The molecule has 0 fully saturated rings. The summed E-state index contributed by atoms with van der Waals surface area (Å²) in [7, 11) is 0. The summed E-state index contributed by atoms with van der Waals surface area (Å²) in [4.78, 5) is 14.9. The third-order valence-electron chi connectivity index (χ3n) is 2.68. The average molecular weight is 326 g/mol. The van der Waals surface area contributed by atoms with Crippen LogP contribution in [0.15, 0.2) is 22.9 Å². The summed E-state index contributed by atoms with van der Waals surface area (Å²) in [5.74, 6) is -0.359. The Bertz CT molecular complexity index is 586. The molecular weight excluding hydrogens is 314 g/mol. The van der Waals surface area contributed by atoms with Gasteiger partial charge in [-0.3, -0.25) is 9.78 Å². The maximum absolute atomic E-state index is 10.9. The Morgan fingerprint density at radius 3 is 2.95 bits per heavy atom. The summed E-state index contributed by atoms with van der Waals surface area (Å²) < 4.78 is 2.35. The predicted octanol–water partition coefficient (Wildman–Crippen LogP) is 1.92. The van der Waals surface area contributed by atoms with E-state index in [0.717, 1.165) is 10.0 Å². The maximum Gasteiger partial charge on any atom is 0.305 e. The number of halogens is 1. The van der Waals surface area contributed by atoms with Crippen LogP contribution < -0.4 is 0 Å². The number of aromatic nitrogens is 5. The number of pyridine rings is 1. The van der Waals surface area contributed by atoms with Gasteiger partial charge in [0, 0.05) is 22.4 Å². The Balaban J connectivity index is 2.38. The van der Waals surface area contributed by atoms with Crippen molar-refractivity contribution in [3.8, 4) is 11.4 Å². The van der Waals surface area contributed by atoms with Crippen LogP contribution in [0.5, 0.6) is 0 Å². The second-order valence-corrected chi connectivity index (χ2v) is 4.91. The van der Waals surface area contributed by atoms with Gasteiger partial charge < -0.3 is 5.11 Å². The SMILES string of the molecule is CCC(CC(=O)O)n1nnnc1-c1cncc(Br)c1. The number of aliphatic carboxylic acids is 1. The van der Waals surface area contributed by atoms with Gasteiger partial charge >= 0.3 is 5.97 Å². The van der Waals surface area contributed by atoms with Gasteiger partial charge in [0.1, 0.15) is 0 Å². The highest BCUT2D eigenvalue weighted by molar-refractivity contribution is 9.10. The molecule has 100 valence electrons. The molecule has 1 unspecified atom stereocenters. The second-order valence-electron chi connectivity index (χ2n) is 4.00. The van der Waals surface area contributed by atoms with Crippen molar-refractivity contribution in [3.05, 3.63) is 22.9 Å². The topological polar surface area (TPSA) is 93.8 Å². The van der Waals surface area contributed by atoms with Crippen molar-refractivity contribution in [1.29, 1.82) is 0 Å². The predicted molar refractivity (Wildman–Crippen MR) is 70.3 cm³/mol. The Kier molecular flexibility index (Phi) is 4.20. The molecule has 0 aliphatic rings. The van der Waals surface area contributed by atoms with Crippen LogP contribution in [0.3, 0.4) is 0 Å². The molecule has 0 bridgehead atoms. The van der Waals surface area contributed by atoms with Gasteiger partial charge in [-0.05, 0) is 38.8 Å². The van der Waals surface area contributed by atoms with Gasteiger partial charge in [0.25, 0.3) is 0 Å². The molecule has 0 saturated heterocycles. The van der Waals surface area contributed by atoms with Crippen molar-refractivity contribution in [1.82, 2.24) is 25.2 Å². The van der Waals surface area contributed by atoms with E-state index in [1.54, 1.807) is 12.4 Å². The lowest BCUT2D eigenvalue weighted by molar-refractivity contribution is -0.138. The normalized spacial score (nSPS) is 12.3. The molecule has 0 spiro atoms. The fourth-order valence-corrected chi connectivity index (χ4v) is 2.13. The highest BCUT2D eigenvalue weighted by atomic mass is 79.9. The van der Waals surface area contributed by atoms with Crippen LogP contribution in [0, 0.1) is 0 Å². The number of hydrogen-bond acceptors (Lipinski definition) is 5. The number of tetrazole rings is 1. The summed E-state index contributed by atoms with van der Waals surface area (Å²) >= 11 is 3.33. The second kappa shape index (κ2) is 5.87. The van der Waals surface area contributed by atoms with Gasteiger partial charge in [-0.25, -0.2) is 4.68 Å². The van der Waals surface area contributed by atoms with E-state index >= 15 is 0 Å². The van der Waals surface area contributed by atoms with E-state index in [2.05, 4.69) is 36.4 Å². The molecule has 19 heavy (non-hydrogen) atoms. The first-order chi connectivity index (χ1) is 9.11. The van der Waals surface area contributed by atoms with Crippen LogP contribution >= 0.6 is 15.9 Å². The van der Waals surface area contributed by atoms with Gasteiger partial charge in [0.2, 0.25) is 0 Å². The van der Waals surface area contributed by atoms with Gasteiger partial charge in [0.15, 0.2) is 5.82 Å². The Morgan fingerprint density at radius 2 is 2.32 bits per heavy atom. The third-order valence-corrected chi connectivity index (χ3v) is 3.12. The molecule has 8 heteroatoms. The number of hydrogen-bond donors (Lipinski definition) is 1. The van der Waals surface area contributed by atoms with Crippen LogP contribution in [0.4, 0.5) is 0 Å². The number of rotatable bonds is 5. The van der Waals surface area contributed by atoms with Crippen LogP contribution in [0.1, 0.15) is 25.8 Å². The van der Waals surface area contributed by atoms with Crippen LogP contribution in [0.25, 0.3) is 11.4 Å². The fourth-order valence-electron chi connectivity index (χ4n) is 1.77. The molecule has 2 rings (SSSR count). The van der Waals surface area contributed by atoms with Gasteiger partial charge in [-0.1, -0.05) is 6.92 Å². The largest absolute Gasteiger partial charge is 0.481 e. The zero-order valence-corrected chi connectivity index (χ0v) is 11.8. The van der Waals surface area contributed by atoms with E-state index in [9.17, 15) is 4.79 Å². The third kappa shape index (κ3) is 3.14. The summed E-state index contributed by atoms with van der Waals surface area (Å²) in [5.41, 5.74) is 0.739. The van der Waals surface area contributed by atoms with Gasteiger partial charge in [0.05, 0.1) is 12.5 Å². The zero-order chi connectivity index (χ0) is 13.8. The molecular formula is C11H12BrN5O2. The minimum atomic E-state index is -0.874. The summed E-state index contributed by atoms with van der Waals surface area (Å²) in [6.45, 7) is 1.90. The summed E-state index contributed by atoms with van der Waals surface area (Å²) in [5, 5.41) is 20.4. The molecule has 2 aromatic heterocycles. The van der Waals surface area contributed by atoms with Crippen LogP contribution in [-0.4, -0.2) is 36.3 Å². The number of carboxylic acids is 1. The first kappa shape index (κ1) is 13.6. The Morgan fingerprint density at radius 1 is 1.53 bits per heavy atom. The van der Waals surface area contributed by atoms with E-state index in [0.29, 0.717) is 12.2 Å². The summed E-state index contributed by atoms with van der Waals surface area (Å²) in [6.07, 6.45) is 3.91. The average Bonchev–Trinajstić information content (AvgIpc) is 2.84. The summed E-state index contributed by atoms with van der Waals surface area (Å²) in [6, 6.07) is 1.56. The minimum Gasteiger partial charge on any atom is -0.481 e. The molecule has 2 heterocycles. The van der Waals surface area contributed by atoms with Gasteiger partial charge in [-0.2, -0.15) is 0 Å². The first-order valence-corrected chi connectivity index (χ1v) is 6.51. The number of nitrogens with zero attached hydrogens (tertiary/aromatic N) is 5. The Labute approximate surface area is 117 Å². The highest BCUT2D eigenvalue weighted by Gasteiger charge is 2.19. The van der Waals surface area contributed by atoms with E-state index in [1.807, 2.05) is 13.0 Å². The number of carboxylic acid groups (broad SMARTS) is 1. The standard InChI is InChI=1S/C11H12BrN5O2/c1-2-9(4-10(18)19)17-11(14-15-16-17)7-3-8(12)6-13-5-7/h3,5-6,9H,2,4H2,1H3,(H,18,19). The van der Waals surface area contributed by atoms with Crippen LogP contribution in [0.2, 0.25) is 0 Å².